The summed E-state index contributed by atoms with van der Waals surface area (Å²) in [5.74, 6) is -0.462. The van der Waals surface area contributed by atoms with Crippen molar-refractivity contribution in [1.29, 1.82) is 0 Å². The second-order valence-corrected chi connectivity index (χ2v) is 6.07. The number of aliphatic hydroxyl groups is 1. The van der Waals surface area contributed by atoms with Gasteiger partial charge in [0.15, 0.2) is 0 Å². The second-order valence-electron chi connectivity index (χ2n) is 6.07. The minimum Gasteiger partial charge on any atom is -0.396 e. The SMILES string of the molecule is CC(C)(CO)CNC(=O)C1(c2ccccc2F)CC1. The van der Waals surface area contributed by atoms with Gasteiger partial charge in [-0.2, -0.15) is 0 Å². The Hall–Kier alpha value is -1.42. The lowest BCUT2D eigenvalue weighted by Crippen LogP contribution is -2.41. The van der Waals surface area contributed by atoms with E-state index in [1.165, 1.54) is 6.07 Å². The van der Waals surface area contributed by atoms with Crippen LogP contribution in [0.25, 0.3) is 0 Å². The van der Waals surface area contributed by atoms with Crippen LogP contribution in [-0.4, -0.2) is 24.2 Å². The van der Waals surface area contributed by atoms with Crippen LogP contribution in [0.4, 0.5) is 4.39 Å². The summed E-state index contributed by atoms with van der Waals surface area (Å²) >= 11 is 0. The minimum atomic E-state index is -0.698. The Kier molecular flexibility index (Phi) is 3.63. The van der Waals surface area contributed by atoms with Crippen molar-refractivity contribution in [1.82, 2.24) is 5.32 Å². The fourth-order valence-corrected chi connectivity index (χ4v) is 2.14. The molecule has 1 aromatic carbocycles. The lowest BCUT2D eigenvalue weighted by Gasteiger charge is -2.24. The van der Waals surface area contributed by atoms with E-state index in [9.17, 15) is 14.3 Å². The molecule has 0 radical (unpaired) electrons. The van der Waals surface area contributed by atoms with E-state index in [-0.39, 0.29) is 23.7 Å². The summed E-state index contributed by atoms with van der Waals surface area (Å²) in [6, 6.07) is 6.45. The number of rotatable bonds is 5. The Morgan fingerprint density at radius 1 is 1.42 bits per heavy atom. The molecule has 0 unspecified atom stereocenters. The molecule has 1 aliphatic rings. The van der Waals surface area contributed by atoms with Crippen LogP contribution in [0, 0.1) is 11.2 Å². The smallest absolute Gasteiger partial charge is 0.230 e. The molecule has 0 atom stereocenters. The molecule has 2 N–H and O–H groups in total. The monoisotopic (exact) mass is 265 g/mol. The predicted octanol–water partition coefficient (Wildman–Crippen LogP) is 1.99. The fraction of sp³-hybridized carbons (Fsp3) is 0.533. The first-order valence-electron chi connectivity index (χ1n) is 6.55. The van der Waals surface area contributed by atoms with Crippen LogP contribution in [0.1, 0.15) is 32.3 Å². The number of amides is 1. The van der Waals surface area contributed by atoms with Crippen LogP contribution in [0.5, 0.6) is 0 Å². The number of carbonyl (C=O) groups is 1. The van der Waals surface area contributed by atoms with E-state index in [4.69, 9.17) is 0 Å². The molecule has 4 heteroatoms. The summed E-state index contributed by atoms with van der Waals surface area (Å²) in [5, 5.41) is 12.0. The fourth-order valence-electron chi connectivity index (χ4n) is 2.14. The molecular formula is C15H20FNO2. The van der Waals surface area contributed by atoms with E-state index in [1.54, 1.807) is 18.2 Å². The zero-order valence-electron chi connectivity index (χ0n) is 11.4. The molecule has 1 amide bonds. The highest BCUT2D eigenvalue weighted by Crippen LogP contribution is 2.49. The summed E-state index contributed by atoms with van der Waals surface area (Å²) in [6.07, 6.45) is 1.36. The number of nitrogens with one attached hydrogen (secondary N) is 1. The van der Waals surface area contributed by atoms with Crippen molar-refractivity contribution in [3.05, 3.63) is 35.6 Å². The van der Waals surface area contributed by atoms with Gasteiger partial charge in [-0.05, 0) is 18.9 Å². The molecular weight excluding hydrogens is 245 g/mol. The maximum Gasteiger partial charge on any atom is 0.230 e. The van der Waals surface area contributed by atoms with Crippen molar-refractivity contribution >= 4 is 5.91 Å². The van der Waals surface area contributed by atoms with Gasteiger partial charge < -0.3 is 10.4 Å². The zero-order valence-corrected chi connectivity index (χ0v) is 11.4. The number of hydrogen-bond donors (Lipinski definition) is 2. The third-order valence-corrected chi connectivity index (χ3v) is 3.73. The highest BCUT2D eigenvalue weighted by Gasteiger charge is 2.52. The van der Waals surface area contributed by atoms with Gasteiger partial charge >= 0.3 is 0 Å². The van der Waals surface area contributed by atoms with Gasteiger partial charge in [0.25, 0.3) is 0 Å². The normalized spacial score (nSPS) is 17.1. The first-order valence-corrected chi connectivity index (χ1v) is 6.55. The Morgan fingerprint density at radius 2 is 2.05 bits per heavy atom. The number of carbonyl (C=O) groups excluding carboxylic acids is 1. The molecule has 104 valence electrons. The first kappa shape index (κ1) is 14.0. The van der Waals surface area contributed by atoms with E-state index >= 15 is 0 Å². The lowest BCUT2D eigenvalue weighted by molar-refractivity contribution is -0.124. The van der Waals surface area contributed by atoms with Gasteiger partial charge in [-0.15, -0.1) is 0 Å². The van der Waals surface area contributed by atoms with E-state index in [0.717, 1.165) is 0 Å². The Morgan fingerprint density at radius 3 is 2.58 bits per heavy atom. The summed E-state index contributed by atoms with van der Waals surface area (Å²) in [4.78, 5) is 12.3. The molecule has 0 aliphatic heterocycles. The molecule has 3 nitrogen and oxygen atoms in total. The molecule has 1 aromatic rings. The number of hydrogen-bond acceptors (Lipinski definition) is 2. The van der Waals surface area contributed by atoms with Crippen LogP contribution >= 0.6 is 0 Å². The van der Waals surface area contributed by atoms with Crippen LogP contribution in [-0.2, 0) is 10.2 Å². The topological polar surface area (TPSA) is 49.3 Å². The van der Waals surface area contributed by atoms with E-state index < -0.39 is 5.41 Å². The van der Waals surface area contributed by atoms with E-state index in [0.29, 0.717) is 24.9 Å². The largest absolute Gasteiger partial charge is 0.396 e. The van der Waals surface area contributed by atoms with E-state index in [1.807, 2.05) is 13.8 Å². The Labute approximate surface area is 112 Å². The number of aliphatic hydroxyl groups excluding tert-OH is 1. The number of benzene rings is 1. The zero-order chi connectivity index (χ0) is 14.1. The molecule has 0 aromatic heterocycles. The summed E-state index contributed by atoms with van der Waals surface area (Å²) in [7, 11) is 0. The van der Waals surface area contributed by atoms with Gasteiger partial charge in [-0.1, -0.05) is 32.0 Å². The molecule has 0 bridgehead atoms. The standard InChI is InChI=1S/C15H20FNO2/c1-14(2,10-18)9-17-13(19)15(7-8-15)11-5-3-4-6-12(11)16/h3-6,18H,7-10H2,1-2H3,(H,17,19). The maximum atomic E-state index is 13.8. The maximum absolute atomic E-state index is 13.8. The molecule has 1 aliphatic carbocycles. The van der Waals surface area contributed by atoms with Crippen molar-refractivity contribution in [2.24, 2.45) is 5.41 Å². The van der Waals surface area contributed by atoms with Gasteiger partial charge in [0.05, 0.1) is 5.41 Å². The van der Waals surface area contributed by atoms with Crippen LogP contribution < -0.4 is 5.32 Å². The summed E-state index contributed by atoms with van der Waals surface area (Å²) < 4.78 is 13.8. The van der Waals surface area contributed by atoms with Crippen molar-refractivity contribution in [2.75, 3.05) is 13.2 Å². The third kappa shape index (κ3) is 2.78. The van der Waals surface area contributed by atoms with Crippen molar-refractivity contribution in [2.45, 2.75) is 32.1 Å². The molecule has 1 fully saturated rings. The first-order chi connectivity index (χ1) is 8.91. The van der Waals surface area contributed by atoms with Gasteiger partial charge in [-0.3, -0.25) is 4.79 Å². The quantitative estimate of drug-likeness (QED) is 0.855. The lowest BCUT2D eigenvalue weighted by atomic mass is 9.92. The van der Waals surface area contributed by atoms with Crippen LogP contribution in [0.2, 0.25) is 0 Å². The van der Waals surface area contributed by atoms with Crippen molar-refractivity contribution in [3.63, 3.8) is 0 Å². The molecule has 0 saturated heterocycles. The molecule has 0 spiro atoms. The van der Waals surface area contributed by atoms with Gasteiger partial charge in [0.1, 0.15) is 5.82 Å². The van der Waals surface area contributed by atoms with Gasteiger partial charge in [-0.25, -0.2) is 4.39 Å². The average molecular weight is 265 g/mol. The van der Waals surface area contributed by atoms with Gasteiger partial charge in [0, 0.05) is 24.1 Å². The number of halogens is 1. The second kappa shape index (κ2) is 4.93. The third-order valence-electron chi connectivity index (χ3n) is 3.73. The molecule has 0 heterocycles. The minimum absolute atomic E-state index is 0.0000217. The van der Waals surface area contributed by atoms with E-state index in [2.05, 4.69) is 5.32 Å². The molecule has 1 saturated carbocycles. The summed E-state index contributed by atoms with van der Waals surface area (Å²) in [6.45, 7) is 4.13. The van der Waals surface area contributed by atoms with Gasteiger partial charge in [0.2, 0.25) is 5.91 Å². The van der Waals surface area contributed by atoms with Crippen molar-refractivity contribution in [3.8, 4) is 0 Å². The Balaban J connectivity index is 2.09. The van der Waals surface area contributed by atoms with Crippen LogP contribution in [0.15, 0.2) is 24.3 Å². The molecule has 2 rings (SSSR count). The average Bonchev–Trinajstić information content (AvgIpc) is 3.18. The van der Waals surface area contributed by atoms with Crippen molar-refractivity contribution < 1.29 is 14.3 Å². The van der Waals surface area contributed by atoms with Crippen LogP contribution in [0.3, 0.4) is 0 Å². The predicted molar refractivity (Wildman–Crippen MR) is 71.2 cm³/mol. The highest BCUT2D eigenvalue weighted by atomic mass is 19.1. The summed E-state index contributed by atoms with van der Waals surface area (Å²) in [5.41, 5.74) is -0.577. The molecule has 19 heavy (non-hydrogen) atoms. The highest BCUT2D eigenvalue weighted by molar-refractivity contribution is 5.91. The Bertz CT molecular complexity index is 481.